The van der Waals surface area contributed by atoms with Crippen molar-refractivity contribution in [3.8, 4) is 0 Å². The van der Waals surface area contributed by atoms with Crippen LogP contribution in [0.25, 0.3) is 43.6 Å². The third-order valence-corrected chi connectivity index (χ3v) is 4.83. The van der Waals surface area contributed by atoms with Gasteiger partial charge in [-0.3, -0.25) is 0 Å². The van der Waals surface area contributed by atoms with Crippen LogP contribution in [0.2, 0.25) is 0 Å². The number of aromatic amines is 2. The highest BCUT2D eigenvalue weighted by Crippen LogP contribution is 2.25. The van der Waals surface area contributed by atoms with Crippen molar-refractivity contribution in [2.75, 3.05) is 0 Å². The third-order valence-electron chi connectivity index (χ3n) is 4.83. The first-order valence-electron chi connectivity index (χ1n) is 9.81. The lowest BCUT2D eigenvalue weighted by atomic mass is 10.2. The lowest BCUT2D eigenvalue weighted by Crippen LogP contribution is -1.62. The fourth-order valence-electron chi connectivity index (χ4n) is 3.60. The van der Waals surface area contributed by atoms with Gasteiger partial charge < -0.3 is 9.97 Å². The van der Waals surface area contributed by atoms with Crippen LogP contribution in [0, 0.1) is 0 Å². The van der Waals surface area contributed by atoms with Crippen molar-refractivity contribution in [1.29, 1.82) is 0 Å². The maximum Gasteiger partial charge on any atom is 0.0464 e. The molecule has 28 heavy (non-hydrogen) atoms. The lowest BCUT2D eigenvalue weighted by Gasteiger charge is -1.87. The fraction of sp³-hybridized carbons (Fsp3) is 0.0769. The molecule has 0 unspecified atom stereocenters. The Morgan fingerprint density at radius 3 is 0.821 bits per heavy atom. The number of H-pyrrole nitrogens is 2. The van der Waals surface area contributed by atoms with Gasteiger partial charge in [0.25, 0.3) is 0 Å². The summed E-state index contributed by atoms with van der Waals surface area (Å²) in [4.78, 5) is 6.76. The number of fused-ring (bicyclic) bond motifs is 6. The largest absolute Gasteiger partial charge is 0.355 e. The van der Waals surface area contributed by atoms with Gasteiger partial charge in [0, 0.05) is 43.6 Å². The second kappa shape index (κ2) is 8.01. The second-order valence-electron chi connectivity index (χ2n) is 6.43. The Kier molecular flexibility index (Phi) is 5.11. The molecule has 2 heterocycles. The van der Waals surface area contributed by atoms with E-state index in [0.717, 1.165) is 0 Å². The van der Waals surface area contributed by atoms with Gasteiger partial charge in [0.2, 0.25) is 0 Å². The summed E-state index contributed by atoms with van der Waals surface area (Å²) in [5, 5.41) is 5.22. The first-order chi connectivity index (χ1) is 13.9. The van der Waals surface area contributed by atoms with Gasteiger partial charge in [0.05, 0.1) is 0 Å². The van der Waals surface area contributed by atoms with Crippen molar-refractivity contribution >= 4 is 43.6 Å². The number of benzene rings is 4. The van der Waals surface area contributed by atoms with Gasteiger partial charge in [-0.25, -0.2) is 0 Å². The van der Waals surface area contributed by atoms with Crippen LogP contribution < -0.4 is 0 Å². The Balaban J connectivity index is 0.000000126. The number of aromatic nitrogens is 2. The average molecular weight is 364 g/mol. The van der Waals surface area contributed by atoms with Crippen LogP contribution >= 0.6 is 0 Å². The predicted octanol–water partition coefficient (Wildman–Crippen LogP) is 7.67. The van der Waals surface area contributed by atoms with Crippen molar-refractivity contribution < 1.29 is 0 Å². The van der Waals surface area contributed by atoms with Crippen LogP contribution in [-0.4, -0.2) is 9.97 Å². The first kappa shape index (κ1) is 17.9. The number of hydrogen-bond acceptors (Lipinski definition) is 0. The number of nitrogens with one attached hydrogen (secondary N) is 2. The van der Waals surface area contributed by atoms with E-state index < -0.39 is 0 Å². The number of para-hydroxylation sites is 4. The lowest BCUT2D eigenvalue weighted by molar-refractivity contribution is 1.50. The highest BCUT2D eigenvalue weighted by molar-refractivity contribution is 6.07. The molecule has 2 N–H and O–H groups in total. The standard InChI is InChI=1S/2C12H9N.C2H6/c2*1-3-7-11-9(5-1)10-6-2-4-8-12(10)13-11;1-2/h2*1-8,13H;1-2H3. The van der Waals surface area contributed by atoms with Gasteiger partial charge in [-0.05, 0) is 24.3 Å². The fourth-order valence-corrected chi connectivity index (χ4v) is 3.60. The molecule has 0 radical (unpaired) electrons. The van der Waals surface area contributed by atoms with Crippen molar-refractivity contribution in [2.24, 2.45) is 0 Å². The molecule has 0 aliphatic rings. The molecule has 0 bridgehead atoms. The highest BCUT2D eigenvalue weighted by Gasteiger charge is 2.01. The smallest absolute Gasteiger partial charge is 0.0464 e. The van der Waals surface area contributed by atoms with Crippen LogP contribution in [0.5, 0.6) is 0 Å². The molecule has 0 aliphatic heterocycles. The Morgan fingerprint density at radius 1 is 0.357 bits per heavy atom. The molecule has 0 saturated heterocycles. The Hall–Kier alpha value is -3.52. The topological polar surface area (TPSA) is 31.6 Å². The summed E-state index contributed by atoms with van der Waals surface area (Å²) in [7, 11) is 0. The van der Waals surface area contributed by atoms with Gasteiger partial charge in [-0.2, -0.15) is 0 Å². The summed E-state index contributed by atoms with van der Waals surface area (Å²) in [5.74, 6) is 0. The zero-order valence-corrected chi connectivity index (χ0v) is 16.2. The van der Waals surface area contributed by atoms with Gasteiger partial charge in [0.1, 0.15) is 0 Å². The molecule has 0 aliphatic carbocycles. The van der Waals surface area contributed by atoms with Crippen molar-refractivity contribution in [2.45, 2.75) is 13.8 Å². The number of hydrogen-bond donors (Lipinski definition) is 2. The summed E-state index contributed by atoms with van der Waals surface area (Å²) >= 11 is 0. The minimum Gasteiger partial charge on any atom is -0.355 e. The molecule has 0 amide bonds. The van der Waals surface area contributed by atoms with E-state index in [9.17, 15) is 0 Å². The molecule has 2 heteroatoms. The monoisotopic (exact) mass is 364 g/mol. The van der Waals surface area contributed by atoms with E-state index in [1.165, 1.54) is 43.6 Å². The summed E-state index contributed by atoms with van der Waals surface area (Å²) in [6.45, 7) is 4.00. The summed E-state index contributed by atoms with van der Waals surface area (Å²) < 4.78 is 0. The van der Waals surface area contributed by atoms with Gasteiger partial charge in [-0.1, -0.05) is 86.6 Å². The van der Waals surface area contributed by atoms with Crippen LogP contribution in [0.4, 0.5) is 0 Å². The molecule has 2 nitrogen and oxygen atoms in total. The highest BCUT2D eigenvalue weighted by atomic mass is 14.7. The van der Waals surface area contributed by atoms with Crippen molar-refractivity contribution in [3.05, 3.63) is 97.1 Å². The summed E-state index contributed by atoms with van der Waals surface area (Å²) in [5.41, 5.74) is 4.85. The van der Waals surface area contributed by atoms with E-state index in [0.29, 0.717) is 0 Å². The average Bonchev–Trinajstić information content (AvgIpc) is 3.34. The summed E-state index contributed by atoms with van der Waals surface area (Å²) in [6, 6.07) is 33.5. The van der Waals surface area contributed by atoms with Gasteiger partial charge >= 0.3 is 0 Å². The maximum absolute atomic E-state index is 3.38. The zero-order valence-electron chi connectivity index (χ0n) is 16.2. The van der Waals surface area contributed by atoms with E-state index in [1.807, 2.05) is 13.8 Å². The molecule has 0 saturated carbocycles. The van der Waals surface area contributed by atoms with Crippen molar-refractivity contribution in [3.63, 3.8) is 0 Å². The van der Waals surface area contributed by atoms with Crippen LogP contribution in [0.3, 0.4) is 0 Å². The normalized spacial score (nSPS) is 10.5. The molecule has 0 atom stereocenters. The Morgan fingerprint density at radius 2 is 0.571 bits per heavy atom. The minimum absolute atomic E-state index is 1.21. The van der Waals surface area contributed by atoms with E-state index in [2.05, 4.69) is 107 Å². The molecule has 4 aromatic carbocycles. The third kappa shape index (κ3) is 3.25. The second-order valence-corrected chi connectivity index (χ2v) is 6.43. The molecule has 138 valence electrons. The molecular weight excluding hydrogens is 340 g/mol. The SMILES string of the molecule is CC.c1ccc2c(c1)[nH]c1ccccc12.c1ccc2c(c1)[nH]c1ccccc12. The minimum atomic E-state index is 1.21. The van der Waals surface area contributed by atoms with Crippen LogP contribution in [-0.2, 0) is 0 Å². The van der Waals surface area contributed by atoms with Crippen molar-refractivity contribution in [1.82, 2.24) is 9.97 Å². The number of rotatable bonds is 0. The predicted molar refractivity (Wildman–Crippen MR) is 123 cm³/mol. The van der Waals surface area contributed by atoms with E-state index in [1.54, 1.807) is 0 Å². The Bertz CT molecular complexity index is 1130. The maximum atomic E-state index is 3.38. The van der Waals surface area contributed by atoms with E-state index >= 15 is 0 Å². The molecule has 6 rings (SSSR count). The van der Waals surface area contributed by atoms with E-state index in [-0.39, 0.29) is 0 Å². The van der Waals surface area contributed by atoms with Gasteiger partial charge in [0.15, 0.2) is 0 Å². The molecule has 2 aromatic heterocycles. The quantitative estimate of drug-likeness (QED) is 0.277. The van der Waals surface area contributed by atoms with Gasteiger partial charge in [-0.15, -0.1) is 0 Å². The van der Waals surface area contributed by atoms with Crippen LogP contribution in [0.1, 0.15) is 13.8 Å². The molecule has 0 fully saturated rings. The molecular formula is C26H24N2. The summed E-state index contributed by atoms with van der Waals surface area (Å²) in [6.07, 6.45) is 0. The zero-order chi connectivity index (χ0) is 19.3. The first-order valence-corrected chi connectivity index (χ1v) is 9.81. The molecule has 0 spiro atoms. The van der Waals surface area contributed by atoms with Crippen LogP contribution in [0.15, 0.2) is 97.1 Å². The Labute approximate surface area is 164 Å². The molecule has 6 aromatic rings. The van der Waals surface area contributed by atoms with E-state index in [4.69, 9.17) is 0 Å².